The van der Waals surface area contributed by atoms with Gasteiger partial charge in [0.2, 0.25) is 0 Å². The van der Waals surface area contributed by atoms with Gasteiger partial charge in [0.25, 0.3) is 0 Å². The van der Waals surface area contributed by atoms with Crippen molar-refractivity contribution in [2.75, 3.05) is 13.1 Å². The van der Waals surface area contributed by atoms with Crippen molar-refractivity contribution >= 4 is 34.1 Å². The van der Waals surface area contributed by atoms with Gasteiger partial charge >= 0.3 is 0 Å². The molecular weight excluding hydrogens is 214 g/mol. The molecule has 0 bridgehead atoms. The number of hydrogen-bond acceptors (Lipinski definition) is 3. The number of thiocarbonyl (C=S) groups is 1. The topological polar surface area (TPSA) is 20.3 Å². The van der Waals surface area contributed by atoms with Crippen LogP contribution < -0.4 is 0 Å². The molecule has 0 aromatic rings. The molecule has 0 spiro atoms. The van der Waals surface area contributed by atoms with E-state index in [0.717, 1.165) is 18.1 Å². The number of thioether (sulfide) groups is 1. The molecule has 0 unspecified atom stereocenters. The van der Waals surface area contributed by atoms with E-state index in [4.69, 9.17) is 12.2 Å². The number of rotatable bonds is 1. The second-order valence-electron chi connectivity index (χ2n) is 4.69. The van der Waals surface area contributed by atoms with Crippen LogP contribution in [0.1, 0.15) is 27.7 Å². The Labute approximate surface area is 95.4 Å². The zero-order valence-electron chi connectivity index (χ0n) is 9.16. The van der Waals surface area contributed by atoms with Gasteiger partial charge in [-0.25, -0.2) is 0 Å². The third kappa shape index (κ3) is 2.95. The lowest BCUT2D eigenvalue weighted by atomic mass is 9.94. The molecule has 0 radical (unpaired) electrons. The van der Waals surface area contributed by atoms with Gasteiger partial charge in [-0.3, -0.25) is 4.79 Å². The van der Waals surface area contributed by atoms with Crippen LogP contribution in [0.5, 0.6) is 0 Å². The lowest BCUT2D eigenvalue weighted by Crippen LogP contribution is -2.54. The van der Waals surface area contributed by atoms with Crippen LogP contribution in [-0.2, 0) is 4.79 Å². The van der Waals surface area contributed by atoms with Gasteiger partial charge in [0.05, 0.1) is 4.99 Å². The van der Waals surface area contributed by atoms with Gasteiger partial charge in [0, 0.05) is 30.7 Å². The number of carbonyl (C=O) groups excluding carboxylic acids is 1. The first kappa shape index (κ1) is 12.0. The number of carbonyl (C=O) groups is 1. The molecule has 1 fully saturated rings. The molecular formula is C10H17NOS2. The van der Waals surface area contributed by atoms with Crippen LogP contribution in [0.25, 0.3) is 0 Å². The predicted octanol–water partition coefficient (Wildman–Crippen LogP) is 2.32. The minimum Gasteiger partial charge on any atom is -0.363 e. The van der Waals surface area contributed by atoms with Gasteiger partial charge < -0.3 is 4.90 Å². The van der Waals surface area contributed by atoms with Gasteiger partial charge in [0.1, 0.15) is 0 Å². The predicted molar refractivity (Wildman–Crippen MR) is 65.7 cm³/mol. The van der Waals surface area contributed by atoms with Crippen molar-refractivity contribution in [2.45, 2.75) is 32.9 Å². The summed E-state index contributed by atoms with van der Waals surface area (Å²) in [6.45, 7) is 9.86. The van der Waals surface area contributed by atoms with Crippen LogP contribution >= 0.6 is 24.0 Å². The Morgan fingerprint density at radius 1 is 1.43 bits per heavy atom. The van der Waals surface area contributed by atoms with E-state index >= 15 is 0 Å². The Morgan fingerprint density at radius 2 is 1.93 bits per heavy atom. The minimum atomic E-state index is 0.0706. The molecule has 0 N–H and O–H groups in total. The van der Waals surface area contributed by atoms with Gasteiger partial charge in [0.15, 0.2) is 5.12 Å². The second-order valence-corrected chi connectivity index (χ2v) is 6.56. The first-order valence-corrected chi connectivity index (χ1v) is 6.06. The third-order valence-electron chi connectivity index (χ3n) is 2.11. The highest BCUT2D eigenvalue weighted by atomic mass is 32.2. The largest absolute Gasteiger partial charge is 0.363 e. The highest BCUT2D eigenvalue weighted by molar-refractivity contribution is 8.14. The van der Waals surface area contributed by atoms with Crippen molar-refractivity contribution in [1.29, 1.82) is 0 Å². The molecule has 0 saturated carbocycles. The Morgan fingerprint density at radius 3 is 2.29 bits per heavy atom. The third-order valence-corrected chi connectivity index (χ3v) is 3.94. The Balaban J connectivity index is 2.35. The first-order chi connectivity index (χ1) is 6.30. The van der Waals surface area contributed by atoms with Gasteiger partial charge in [-0.1, -0.05) is 44.8 Å². The minimum absolute atomic E-state index is 0.0706. The monoisotopic (exact) mass is 231 g/mol. The molecule has 0 atom stereocenters. The van der Waals surface area contributed by atoms with E-state index in [9.17, 15) is 4.79 Å². The smallest absolute Gasteiger partial charge is 0.186 e. The molecule has 80 valence electrons. The molecule has 1 aliphatic rings. The fraction of sp³-hybridized carbons (Fsp3) is 0.800. The Bertz CT molecular complexity index is 251. The zero-order valence-corrected chi connectivity index (χ0v) is 10.8. The standard InChI is InChI=1S/C10H17NOS2/c1-7(12)14-8-5-11(6-8)9(13)10(2,3)4/h8H,5-6H2,1-4H3. The maximum atomic E-state index is 10.8. The molecule has 1 heterocycles. The van der Waals surface area contributed by atoms with E-state index < -0.39 is 0 Å². The highest BCUT2D eigenvalue weighted by Gasteiger charge is 2.34. The van der Waals surface area contributed by atoms with Crippen molar-refractivity contribution in [2.24, 2.45) is 5.41 Å². The summed E-state index contributed by atoms with van der Waals surface area (Å²) in [6.07, 6.45) is 0. The van der Waals surface area contributed by atoms with Crippen molar-refractivity contribution < 1.29 is 4.79 Å². The molecule has 0 aliphatic carbocycles. The van der Waals surface area contributed by atoms with E-state index in [1.165, 1.54) is 11.8 Å². The maximum Gasteiger partial charge on any atom is 0.186 e. The molecule has 0 aromatic heterocycles. The van der Waals surface area contributed by atoms with Crippen molar-refractivity contribution in [1.82, 2.24) is 4.90 Å². The quantitative estimate of drug-likeness (QED) is 0.645. The van der Waals surface area contributed by atoms with E-state index in [1.54, 1.807) is 6.92 Å². The average Bonchev–Trinajstić information content (AvgIpc) is 1.92. The summed E-state index contributed by atoms with van der Waals surface area (Å²) in [5.41, 5.74) is 0.0706. The lowest BCUT2D eigenvalue weighted by Gasteiger charge is -2.43. The molecule has 2 nitrogen and oxygen atoms in total. The van der Waals surface area contributed by atoms with E-state index in [1.807, 2.05) is 0 Å². The average molecular weight is 231 g/mol. The van der Waals surface area contributed by atoms with Crippen LogP contribution in [0.4, 0.5) is 0 Å². The molecule has 0 amide bonds. The molecule has 1 rings (SSSR count). The van der Waals surface area contributed by atoms with Crippen LogP contribution in [0, 0.1) is 5.41 Å². The van der Waals surface area contributed by atoms with Gasteiger partial charge in [-0.15, -0.1) is 0 Å². The first-order valence-electron chi connectivity index (χ1n) is 4.77. The maximum absolute atomic E-state index is 10.8. The van der Waals surface area contributed by atoms with Crippen molar-refractivity contribution in [3.05, 3.63) is 0 Å². The Hall–Kier alpha value is -0.0900. The van der Waals surface area contributed by atoms with Gasteiger partial charge in [-0.05, 0) is 0 Å². The van der Waals surface area contributed by atoms with E-state index in [-0.39, 0.29) is 10.5 Å². The van der Waals surface area contributed by atoms with Crippen LogP contribution in [0.3, 0.4) is 0 Å². The van der Waals surface area contributed by atoms with E-state index in [0.29, 0.717) is 5.25 Å². The summed E-state index contributed by atoms with van der Waals surface area (Å²) >= 11 is 6.80. The summed E-state index contributed by atoms with van der Waals surface area (Å²) in [5.74, 6) is 0. The van der Waals surface area contributed by atoms with Crippen molar-refractivity contribution in [3.63, 3.8) is 0 Å². The van der Waals surface area contributed by atoms with Gasteiger partial charge in [-0.2, -0.15) is 0 Å². The van der Waals surface area contributed by atoms with Crippen LogP contribution in [0.2, 0.25) is 0 Å². The lowest BCUT2D eigenvalue weighted by molar-refractivity contribution is -0.109. The molecule has 14 heavy (non-hydrogen) atoms. The second kappa shape index (κ2) is 4.19. The SMILES string of the molecule is CC(=O)SC1CN(C(=S)C(C)(C)C)C1. The highest BCUT2D eigenvalue weighted by Crippen LogP contribution is 2.28. The zero-order chi connectivity index (χ0) is 10.9. The summed E-state index contributed by atoms with van der Waals surface area (Å²) < 4.78 is 0. The fourth-order valence-corrected chi connectivity index (χ4v) is 2.51. The summed E-state index contributed by atoms with van der Waals surface area (Å²) in [5, 5.41) is 0.657. The molecule has 0 aromatic carbocycles. The molecule has 1 aliphatic heterocycles. The Kier molecular flexibility index (Phi) is 3.58. The van der Waals surface area contributed by atoms with Crippen molar-refractivity contribution in [3.8, 4) is 0 Å². The normalized spacial score (nSPS) is 17.9. The summed E-state index contributed by atoms with van der Waals surface area (Å²) in [4.78, 5) is 14.0. The molecule has 4 heteroatoms. The number of likely N-dealkylation sites (tertiary alicyclic amines) is 1. The summed E-state index contributed by atoms with van der Waals surface area (Å²) in [7, 11) is 0. The van der Waals surface area contributed by atoms with E-state index in [2.05, 4.69) is 25.7 Å². The summed E-state index contributed by atoms with van der Waals surface area (Å²) in [6, 6.07) is 0. The fourth-order valence-electron chi connectivity index (χ4n) is 1.39. The molecule has 1 saturated heterocycles. The number of hydrogen-bond donors (Lipinski definition) is 0. The number of nitrogens with zero attached hydrogens (tertiary/aromatic N) is 1. The van der Waals surface area contributed by atoms with Crippen LogP contribution in [0.15, 0.2) is 0 Å². The van der Waals surface area contributed by atoms with Crippen LogP contribution in [-0.4, -0.2) is 33.3 Å².